The first kappa shape index (κ1) is 15.8. The minimum atomic E-state index is -4.65. The van der Waals surface area contributed by atoms with Gasteiger partial charge in [-0.25, -0.2) is 9.50 Å². The van der Waals surface area contributed by atoms with Crippen LogP contribution in [0, 0.1) is 0 Å². The van der Waals surface area contributed by atoms with E-state index in [9.17, 15) is 18.0 Å². The van der Waals surface area contributed by atoms with E-state index in [0.29, 0.717) is 10.5 Å². The molecule has 126 valence electrons. The molecule has 11 heteroatoms. The lowest BCUT2D eigenvalue weighted by Crippen LogP contribution is -2.18. The van der Waals surface area contributed by atoms with Crippen LogP contribution in [0.1, 0.15) is 16.1 Å². The highest BCUT2D eigenvalue weighted by molar-refractivity contribution is 6.08. The van der Waals surface area contributed by atoms with Gasteiger partial charge in [0.2, 0.25) is 0 Å². The van der Waals surface area contributed by atoms with Gasteiger partial charge >= 0.3 is 6.18 Å². The Labute approximate surface area is 133 Å². The Balaban J connectivity index is 1.97. The highest BCUT2D eigenvalue weighted by Gasteiger charge is 2.38. The molecule has 0 spiro atoms. The van der Waals surface area contributed by atoms with Gasteiger partial charge in [0.1, 0.15) is 11.4 Å². The number of carbonyl (C=O) groups excluding carboxylic acids is 1. The Bertz CT molecular complexity index is 912. The lowest BCUT2D eigenvalue weighted by Gasteiger charge is -2.10. The zero-order valence-electron chi connectivity index (χ0n) is 12.6. The molecule has 0 aliphatic heterocycles. The smallest absolute Gasteiger partial charge is 0.373 e. The standard InChI is InChI=1S/C13H12F3N7O/c1-17-9-3-4-23-11(21-9)7(5-19-23)12(24)20-8-6-18-22(2)10(8)13(14,15)16/h3-6H,1-2H3,(H,17,21)(H,20,24). The van der Waals surface area contributed by atoms with Gasteiger partial charge in [0.25, 0.3) is 5.91 Å². The van der Waals surface area contributed by atoms with E-state index >= 15 is 0 Å². The normalized spacial score (nSPS) is 11.7. The zero-order valence-corrected chi connectivity index (χ0v) is 12.6. The van der Waals surface area contributed by atoms with Crippen molar-refractivity contribution in [3.8, 4) is 0 Å². The third-order valence-corrected chi connectivity index (χ3v) is 3.33. The average molecular weight is 339 g/mol. The van der Waals surface area contributed by atoms with E-state index in [2.05, 4.69) is 25.8 Å². The Morgan fingerprint density at radius 1 is 1.25 bits per heavy atom. The molecule has 3 aromatic heterocycles. The van der Waals surface area contributed by atoms with Crippen LogP contribution in [-0.4, -0.2) is 37.3 Å². The van der Waals surface area contributed by atoms with Crippen LogP contribution in [0.5, 0.6) is 0 Å². The summed E-state index contributed by atoms with van der Waals surface area (Å²) in [6.45, 7) is 0. The van der Waals surface area contributed by atoms with Gasteiger partial charge in [0, 0.05) is 20.3 Å². The van der Waals surface area contributed by atoms with Crippen LogP contribution >= 0.6 is 0 Å². The summed E-state index contributed by atoms with van der Waals surface area (Å²) < 4.78 is 41.1. The van der Waals surface area contributed by atoms with E-state index in [-0.39, 0.29) is 11.2 Å². The molecule has 1 amide bonds. The van der Waals surface area contributed by atoms with Crippen LogP contribution in [0.25, 0.3) is 5.65 Å². The number of nitrogens with zero attached hydrogens (tertiary/aromatic N) is 5. The predicted molar refractivity (Wildman–Crippen MR) is 78.7 cm³/mol. The monoisotopic (exact) mass is 339 g/mol. The SMILES string of the molecule is CNc1ccn2ncc(C(=O)Nc3cnn(C)c3C(F)(F)F)c2n1. The van der Waals surface area contributed by atoms with Crippen molar-refractivity contribution in [2.45, 2.75) is 6.18 Å². The van der Waals surface area contributed by atoms with E-state index in [1.165, 1.54) is 10.7 Å². The van der Waals surface area contributed by atoms with Gasteiger partial charge in [-0.15, -0.1) is 0 Å². The van der Waals surface area contributed by atoms with Crippen LogP contribution < -0.4 is 10.6 Å². The van der Waals surface area contributed by atoms with Gasteiger partial charge in [-0.3, -0.25) is 9.48 Å². The summed E-state index contributed by atoms with van der Waals surface area (Å²) in [7, 11) is 2.80. The van der Waals surface area contributed by atoms with Gasteiger partial charge in [0.05, 0.1) is 18.1 Å². The number of hydrogen-bond donors (Lipinski definition) is 2. The number of aryl methyl sites for hydroxylation is 1. The van der Waals surface area contributed by atoms with Crippen molar-refractivity contribution in [2.75, 3.05) is 17.7 Å². The Hall–Kier alpha value is -3.11. The third-order valence-electron chi connectivity index (χ3n) is 3.33. The number of aromatic nitrogens is 5. The Kier molecular flexibility index (Phi) is 3.62. The first-order chi connectivity index (χ1) is 11.3. The first-order valence-corrected chi connectivity index (χ1v) is 6.74. The fourth-order valence-corrected chi connectivity index (χ4v) is 2.22. The number of hydrogen-bond acceptors (Lipinski definition) is 5. The van der Waals surface area contributed by atoms with Gasteiger partial charge in [-0.1, -0.05) is 0 Å². The van der Waals surface area contributed by atoms with Crippen LogP contribution in [0.15, 0.2) is 24.7 Å². The molecule has 0 aromatic carbocycles. The minimum Gasteiger partial charge on any atom is -0.373 e. The lowest BCUT2D eigenvalue weighted by atomic mass is 10.3. The van der Waals surface area contributed by atoms with Crippen molar-refractivity contribution < 1.29 is 18.0 Å². The largest absolute Gasteiger partial charge is 0.435 e. The number of alkyl halides is 3. The molecule has 0 radical (unpaired) electrons. The molecule has 8 nitrogen and oxygen atoms in total. The Morgan fingerprint density at radius 3 is 2.67 bits per heavy atom. The number of anilines is 2. The molecule has 3 rings (SSSR count). The summed E-state index contributed by atoms with van der Waals surface area (Å²) in [6.07, 6.45) is -0.887. The second-order valence-corrected chi connectivity index (χ2v) is 4.87. The van der Waals surface area contributed by atoms with Crippen molar-refractivity contribution in [1.29, 1.82) is 0 Å². The second-order valence-electron chi connectivity index (χ2n) is 4.87. The van der Waals surface area contributed by atoms with E-state index in [1.807, 2.05) is 0 Å². The number of amides is 1. The lowest BCUT2D eigenvalue weighted by molar-refractivity contribution is -0.143. The summed E-state index contributed by atoms with van der Waals surface area (Å²) >= 11 is 0. The summed E-state index contributed by atoms with van der Waals surface area (Å²) in [4.78, 5) is 16.5. The molecule has 2 N–H and O–H groups in total. The molecule has 0 saturated heterocycles. The van der Waals surface area contributed by atoms with Crippen molar-refractivity contribution >= 4 is 23.1 Å². The van der Waals surface area contributed by atoms with Crippen molar-refractivity contribution in [2.24, 2.45) is 7.05 Å². The number of fused-ring (bicyclic) bond motifs is 1. The van der Waals surface area contributed by atoms with E-state index in [0.717, 1.165) is 13.2 Å². The molecule has 24 heavy (non-hydrogen) atoms. The maximum atomic E-state index is 13.0. The van der Waals surface area contributed by atoms with E-state index in [4.69, 9.17) is 0 Å². The number of carbonyl (C=O) groups is 1. The molecular formula is C13H12F3N7O. The van der Waals surface area contributed by atoms with E-state index < -0.39 is 23.5 Å². The third kappa shape index (κ3) is 2.64. The molecular weight excluding hydrogens is 327 g/mol. The summed E-state index contributed by atoms with van der Waals surface area (Å²) in [5.74, 6) is -0.265. The van der Waals surface area contributed by atoms with Gasteiger partial charge in [0.15, 0.2) is 11.3 Å². The quantitative estimate of drug-likeness (QED) is 0.759. The molecule has 0 atom stereocenters. The summed E-state index contributed by atoms with van der Waals surface area (Å²) in [5.41, 5.74) is -1.21. The molecule has 3 aromatic rings. The number of rotatable bonds is 3. The fraction of sp³-hybridized carbons (Fsp3) is 0.231. The molecule has 0 bridgehead atoms. The van der Waals surface area contributed by atoms with Gasteiger partial charge < -0.3 is 10.6 Å². The van der Waals surface area contributed by atoms with Gasteiger partial charge in [-0.2, -0.15) is 23.4 Å². The van der Waals surface area contributed by atoms with Crippen molar-refractivity contribution in [1.82, 2.24) is 24.4 Å². The molecule has 0 unspecified atom stereocenters. The molecule has 0 saturated carbocycles. The van der Waals surface area contributed by atoms with E-state index in [1.54, 1.807) is 19.3 Å². The average Bonchev–Trinajstić information content (AvgIpc) is 3.09. The zero-order chi connectivity index (χ0) is 17.5. The fourth-order valence-electron chi connectivity index (χ4n) is 2.22. The second kappa shape index (κ2) is 5.51. The topological polar surface area (TPSA) is 89.1 Å². The highest BCUT2D eigenvalue weighted by atomic mass is 19.4. The number of halogens is 3. The Morgan fingerprint density at radius 2 is 2.00 bits per heavy atom. The minimum absolute atomic E-state index is 0.0454. The van der Waals surface area contributed by atoms with Crippen LogP contribution in [0.3, 0.4) is 0 Å². The van der Waals surface area contributed by atoms with Crippen LogP contribution in [0.4, 0.5) is 24.7 Å². The summed E-state index contributed by atoms with van der Waals surface area (Å²) in [6, 6.07) is 1.64. The first-order valence-electron chi connectivity index (χ1n) is 6.74. The maximum Gasteiger partial charge on any atom is 0.435 e. The number of nitrogens with one attached hydrogen (secondary N) is 2. The molecule has 0 fully saturated rings. The predicted octanol–water partition coefficient (Wildman–Crippen LogP) is 1.78. The maximum absolute atomic E-state index is 13.0. The van der Waals surface area contributed by atoms with Gasteiger partial charge in [-0.05, 0) is 6.07 Å². The van der Waals surface area contributed by atoms with Crippen molar-refractivity contribution in [3.63, 3.8) is 0 Å². The van der Waals surface area contributed by atoms with Crippen LogP contribution in [-0.2, 0) is 13.2 Å². The molecule has 0 aliphatic carbocycles. The molecule has 0 aliphatic rings. The highest BCUT2D eigenvalue weighted by Crippen LogP contribution is 2.34. The van der Waals surface area contributed by atoms with Crippen molar-refractivity contribution in [3.05, 3.63) is 35.9 Å². The molecule has 3 heterocycles. The summed E-state index contributed by atoms with van der Waals surface area (Å²) in [5, 5.41) is 12.5. The van der Waals surface area contributed by atoms with Crippen LogP contribution in [0.2, 0.25) is 0 Å².